The topological polar surface area (TPSA) is 74.3 Å². The van der Waals surface area contributed by atoms with Crippen LogP contribution in [0.1, 0.15) is 42.5 Å². The van der Waals surface area contributed by atoms with E-state index in [-0.39, 0.29) is 12.5 Å². The van der Waals surface area contributed by atoms with Gasteiger partial charge in [-0.25, -0.2) is 0 Å². The highest BCUT2D eigenvalue weighted by Crippen LogP contribution is 2.34. The van der Waals surface area contributed by atoms with Crippen LogP contribution in [0.25, 0.3) is 10.9 Å². The van der Waals surface area contributed by atoms with Crippen LogP contribution >= 0.6 is 11.6 Å². The first-order valence-corrected chi connectivity index (χ1v) is 8.26. The number of aromatic nitrogens is 1. The number of halogens is 1. The highest BCUT2D eigenvalue weighted by Gasteiger charge is 2.30. The van der Waals surface area contributed by atoms with Crippen LogP contribution in [-0.4, -0.2) is 35.3 Å². The van der Waals surface area contributed by atoms with Gasteiger partial charge in [-0.2, -0.15) is 0 Å². The molecule has 6 heteroatoms. The Kier molecular flexibility index (Phi) is 4.50. The number of methoxy groups -OCH3 is 1. The normalized spacial score (nSPS) is 17.2. The molecular formula is C17H21ClN2O3. The van der Waals surface area contributed by atoms with Crippen molar-refractivity contribution >= 4 is 28.4 Å². The maximum absolute atomic E-state index is 12.5. The monoisotopic (exact) mass is 336 g/mol. The summed E-state index contributed by atoms with van der Waals surface area (Å²) in [5.74, 6) is 0.270. The molecule has 1 saturated carbocycles. The second kappa shape index (κ2) is 6.42. The Morgan fingerprint density at radius 3 is 2.87 bits per heavy atom. The lowest BCUT2D eigenvalue weighted by molar-refractivity contribution is 0.00526. The molecule has 3 N–H and O–H groups in total. The first-order chi connectivity index (χ1) is 11.0. The molecule has 1 heterocycles. The second-order valence-corrected chi connectivity index (χ2v) is 6.55. The first-order valence-electron chi connectivity index (χ1n) is 7.88. The molecule has 0 spiro atoms. The molecule has 3 rings (SSSR count). The molecule has 0 atom stereocenters. The van der Waals surface area contributed by atoms with E-state index in [2.05, 4.69) is 10.3 Å². The van der Waals surface area contributed by atoms with Crippen LogP contribution in [0.5, 0.6) is 5.75 Å². The Labute approximate surface area is 140 Å². The van der Waals surface area contributed by atoms with Crippen molar-refractivity contribution in [1.29, 1.82) is 0 Å². The Morgan fingerprint density at radius 1 is 1.43 bits per heavy atom. The van der Waals surface area contributed by atoms with Crippen LogP contribution in [0.15, 0.2) is 18.3 Å². The van der Waals surface area contributed by atoms with Crippen molar-refractivity contribution in [3.05, 3.63) is 28.9 Å². The minimum Gasteiger partial charge on any atom is -0.495 e. The van der Waals surface area contributed by atoms with Gasteiger partial charge in [0.25, 0.3) is 5.91 Å². The number of aliphatic hydroxyl groups is 1. The van der Waals surface area contributed by atoms with Gasteiger partial charge in [-0.05, 0) is 25.0 Å². The molecule has 1 aliphatic carbocycles. The van der Waals surface area contributed by atoms with Crippen molar-refractivity contribution in [3.63, 3.8) is 0 Å². The third-order valence-corrected chi connectivity index (χ3v) is 4.98. The molecular weight excluding hydrogens is 316 g/mol. The van der Waals surface area contributed by atoms with E-state index < -0.39 is 5.60 Å². The van der Waals surface area contributed by atoms with Crippen molar-refractivity contribution in [2.24, 2.45) is 0 Å². The van der Waals surface area contributed by atoms with E-state index in [0.29, 0.717) is 16.3 Å². The van der Waals surface area contributed by atoms with Crippen LogP contribution < -0.4 is 10.1 Å². The number of rotatable bonds is 4. The van der Waals surface area contributed by atoms with Crippen LogP contribution in [-0.2, 0) is 0 Å². The highest BCUT2D eigenvalue weighted by atomic mass is 35.5. The Balaban J connectivity index is 1.81. The first kappa shape index (κ1) is 16.1. The van der Waals surface area contributed by atoms with E-state index in [1.807, 2.05) is 6.07 Å². The van der Waals surface area contributed by atoms with Crippen LogP contribution in [0.4, 0.5) is 0 Å². The number of carbonyl (C=O) groups is 1. The summed E-state index contributed by atoms with van der Waals surface area (Å²) < 4.78 is 5.33. The quantitative estimate of drug-likeness (QED) is 0.802. The summed E-state index contributed by atoms with van der Waals surface area (Å²) in [5, 5.41) is 14.4. The summed E-state index contributed by atoms with van der Waals surface area (Å²) in [4.78, 5) is 15.6. The van der Waals surface area contributed by atoms with Crippen molar-refractivity contribution < 1.29 is 14.6 Å². The predicted octanol–water partition coefficient (Wildman–Crippen LogP) is 3.25. The van der Waals surface area contributed by atoms with Gasteiger partial charge in [-0.15, -0.1) is 0 Å². The van der Waals surface area contributed by atoms with Gasteiger partial charge in [0, 0.05) is 18.1 Å². The molecule has 1 aliphatic rings. The number of amides is 1. The largest absolute Gasteiger partial charge is 0.495 e. The lowest BCUT2D eigenvalue weighted by Crippen LogP contribution is -2.44. The fourth-order valence-corrected chi connectivity index (χ4v) is 3.52. The van der Waals surface area contributed by atoms with E-state index >= 15 is 0 Å². The molecule has 1 amide bonds. The van der Waals surface area contributed by atoms with Crippen molar-refractivity contribution in [3.8, 4) is 5.75 Å². The van der Waals surface area contributed by atoms with Crippen molar-refractivity contribution in [1.82, 2.24) is 10.3 Å². The number of H-pyrrole nitrogens is 1. The number of benzene rings is 1. The van der Waals surface area contributed by atoms with E-state index in [1.54, 1.807) is 19.4 Å². The van der Waals surface area contributed by atoms with Crippen molar-refractivity contribution in [2.75, 3.05) is 13.7 Å². The minimum atomic E-state index is -0.803. The summed E-state index contributed by atoms with van der Waals surface area (Å²) in [6, 6.07) is 3.44. The van der Waals surface area contributed by atoms with Gasteiger partial charge in [-0.1, -0.05) is 30.9 Å². The summed E-state index contributed by atoms with van der Waals surface area (Å²) in [7, 11) is 1.55. The van der Waals surface area contributed by atoms with Crippen LogP contribution in [0, 0.1) is 0 Å². The highest BCUT2D eigenvalue weighted by molar-refractivity contribution is 6.38. The number of hydrogen-bond acceptors (Lipinski definition) is 3. The van der Waals surface area contributed by atoms with Gasteiger partial charge in [0.15, 0.2) is 0 Å². The SMILES string of the molecule is COc1cc(C(=O)NCC2(O)CCCCC2)c(Cl)c2cc[nH]c12. The van der Waals surface area contributed by atoms with Gasteiger partial charge in [0.1, 0.15) is 5.75 Å². The van der Waals surface area contributed by atoms with Gasteiger partial charge in [0.05, 0.1) is 28.8 Å². The maximum Gasteiger partial charge on any atom is 0.253 e. The Hall–Kier alpha value is -1.72. The van der Waals surface area contributed by atoms with Crippen LogP contribution in [0.3, 0.4) is 0 Å². The summed E-state index contributed by atoms with van der Waals surface area (Å²) in [6.07, 6.45) is 6.34. The average Bonchev–Trinajstić information content (AvgIpc) is 3.04. The number of hydrogen-bond donors (Lipinski definition) is 3. The molecule has 0 radical (unpaired) electrons. The molecule has 1 aromatic heterocycles. The summed E-state index contributed by atoms with van der Waals surface area (Å²) in [5.41, 5.74) is 0.317. The van der Waals surface area contributed by atoms with Gasteiger partial charge in [-0.3, -0.25) is 4.79 Å². The molecule has 23 heavy (non-hydrogen) atoms. The van der Waals surface area contributed by atoms with E-state index in [0.717, 1.165) is 43.0 Å². The van der Waals surface area contributed by atoms with Gasteiger partial charge in [0.2, 0.25) is 0 Å². The van der Waals surface area contributed by atoms with Gasteiger partial charge < -0.3 is 20.1 Å². The number of ether oxygens (including phenoxy) is 1. The van der Waals surface area contributed by atoms with E-state index in [4.69, 9.17) is 16.3 Å². The van der Waals surface area contributed by atoms with Crippen LogP contribution in [0.2, 0.25) is 5.02 Å². The Bertz CT molecular complexity index is 720. The van der Waals surface area contributed by atoms with Gasteiger partial charge >= 0.3 is 0 Å². The fourth-order valence-electron chi connectivity index (χ4n) is 3.22. The standard InChI is InChI=1S/C17H21ClN2O3/c1-23-13-9-12(14(18)11-5-8-19-15(11)13)16(21)20-10-17(22)6-3-2-4-7-17/h5,8-9,19,22H,2-4,6-7,10H2,1H3,(H,20,21). The molecule has 1 aromatic carbocycles. The molecule has 0 aliphatic heterocycles. The lowest BCUT2D eigenvalue weighted by atomic mass is 9.85. The van der Waals surface area contributed by atoms with Crippen molar-refractivity contribution in [2.45, 2.75) is 37.7 Å². The minimum absolute atomic E-state index is 0.246. The third-order valence-electron chi connectivity index (χ3n) is 4.57. The third kappa shape index (κ3) is 3.16. The molecule has 5 nitrogen and oxygen atoms in total. The number of aromatic amines is 1. The zero-order chi connectivity index (χ0) is 16.4. The second-order valence-electron chi connectivity index (χ2n) is 6.17. The number of nitrogens with one attached hydrogen (secondary N) is 2. The lowest BCUT2D eigenvalue weighted by Gasteiger charge is -2.32. The molecule has 2 aromatic rings. The smallest absolute Gasteiger partial charge is 0.253 e. The zero-order valence-electron chi connectivity index (χ0n) is 13.1. The number of fused-ring (bicyclic) bond motifs is 1. The maximum atomic E-state index is 12.5. The fraction of sp³-hybridized carbons (Fsp3) is 0.471. The molecule has 0 unspecified atom stereocenters. The summed E-state index contributed by atoms with van der Waals surface area (Å²) >= 11 is 6.36. The Morgan fingerprint density at radius 2 is 2.17 bits per heavy atom. The molecule has 124 valence electrons. The molecule has 0 saturated heterocycles. The van der Waals surface area contributed by atoms with E-state index in [1.165, 1.54) is 0 Å². The zero-order valence-corrected chi connectivity index (χ0v) is 13.9. The number of carbonyl (C=O) groups excluding carboxylic acids is 1. The molecule has 1 fully saturated rings. The predicted molar refractivity (Wildman–Crippen MR) is 90.2 cm³/mol. The molecule has 0 bridgehead atoms. The summed E-state index contributed by atoms with van der Waals surface area (Å²) in [6.45, 7) is 0.246. The van der Waals surface area contributed by atoms with E-state index in [9.17, 15) is 9.90 Å². The average molecular weight is 337 g/mol.